The average Bonchev–Trinajstić information content (AvgIpc) is 3.17. The predicted octanol–water partition coefficient (Wildman–Crippen LogP) is 4.42. The molecule has 2 heterocycles. The number of amides is 2. The fraction of sp³-hybridized carbons (Fsp3) is 0.250. The molecule has 2 amide bonds. The van der Waals surface area contributed by atoms with Gasteiger partial charge in [-0.2, -0.15) is 5.10 Å². The molecule has 0 radical (unpaired) electrons. The van der Waals surface area contributed by atoms with Gasteiger partial charge in [-0.05, 0) is 61.4 Å². The van der Waals surface area contributed by atoms with Crippen LogP contribution in [0.3, 0.4) is 0 Å². The molecule has 3 aromatic rings. The zero-order valence-electron chi connectivity index (χ0n) is 14.9. The van der Waals surface area contributed by atoms with Crippen LogP contribution in [-0.2, 0) is 0 Å². The van der Waals surface area contributed by atoms with Gasteiger partial charge >= 0.3 is 0 Å². The van der Waals surface area contributed by atoms with E-state index >= 15 is 0 Å². The Morgan fingerprint density at radius 2 is 1.89 bits per heavy atom. The topological polar surface area (TPSA) is 76.0 Å². The van der Waals surface area contributed by atoms with Crippen LogP contribution in [0.25, 0.3) is 0 Å². The van der Waals surface area contributed by atoms with Gasteiger partial charge in [-0.25, -0.2) is 4.68 Å². The van der Waals surface area contributed by atoms with Crippen molar-refractivity contribution < 1.29 is 9.59 Å². The second-order valence-electron chi connectivity index (χ2n) is 6.70. The second kappa shape index (κ2) is 7.36. The maximum Gasteiger partial charge on any atom is 0.265 e. The molecule has 0 spiro atoms. The number of carbonyl (C=O) groups excluding carboxylic acids is 2. The summed E-state index contributed by atoms with van der Waals surface area (Å²) in [5, 5.41) is 12.0. The molecule has 7 heteroatoms. The van der Waals surface area contributed by atoms with E-state index in [1.807, 2.05) is 22.2 Å². The largest absolute Gasteiger partial charge is 0.321 e. The smallest absolute Gasteiger partial charge is 0.265 e. The molecule has 1 aliphatic carbocycles. The third kappa shape index (κ3) is 3.93. The van der Waals surface area contributed by atoms with Gasteiger partial charge in [0.1, 0.15) is 5.82 Å². The molecule has 0 aliphatic heterocycles. The first-order chi connectivity index (χ1) is 13.1. The zero-order valence-corrected chi connectivity index (χ0v) is 15.7. The van der Waals surface area contributed by atoms with Crippen molar-refractivity contribution in [2.24, 2.45) is 5.92 Å². The number of benzene rings is 1. The number of carbonyl (C=O) groups is 2. The van der Waals surface area contributed by atoms with Crippen molar-refractivity contribution in [3.05, 3.63) is 64.5 Å². The summed E-state index contributed by atoms with van der Waals surface area (Å²) in [4.78, 5) is 25.3. The minimum atomic E-state index is -0.198. The highest BCUT2D eigenvalue weighted by Gasteiger charge is 2.30. The standard InChI is InChI=1S/C20H20N4O2S/c1-13(14-4-5-14)24-18(10-11-21-24)23-19(25)15-6-8-16(9-7-15)22-20(26)17-3-2-12-27-17/h2-3,6-14H,4-5H2,1H3,(H,22,26)(H,23,25). The number of thiophene rings is 1. The van der Waals surface area contributed by atoms with Gasteiger partial charge in [-0.1, -0.05) is 6.07 Å². The number of aromatic nitrogens is 2. The molecule has 2 N–H and O–H groups in total. The van der Waals surface area contributed by atoms with E-state index in [0.717, 1.165) is 0 Å². The van der Waals surface area contributed by atoms with E-state index in [-0.39, 0.29) is 17.9 Å². The molecular weight excluding hydrogens is 360 g/mol. The van der Waals surface area contributed by atoms with Crippen molar-refractivity contribution >= 4 is 34.7 Å². The van der Waals surface area contributed by atoms with Gasteiger partial charge in [-0.3, -0.25) is 9.59 Å². The normalized spacial score (nSPS) is 14.6. The molecular formula is C20H20N4O2S. The predicted molar refractivity (Wildman–Crippen MR) is 106 cm³/mol. The lowest BCUT2D eigenvalue weighted by Gasteiger charge is -2.15. The summed E-state index contributed by atoms with van der Waals surface area (Å²) in [6, 6.07) is 12.6. The first-order valence-electron chi connectivity index (χ1n) is 8.91. The lowest BCUT2D eigenvalue weighted by molar-refractivity contribution is 0.102. The van der Waals surface area contributed by atoms with Crippen LogP contribution in [0.1, 0.15) is 45.8 Å². The second-order valence-corrected chi connectivity index (χ2v) is 7.65. The highest BCUT2D eigenvalue weighted by Crippen LogP contribution is 2.40. The Kier molecular flexibility index (Phi) is 4.77. The summed E-state index contributed by atoms with van der Waals surface area (Å²) in [6.45, 7) is 2.13. The van der Waals surface area contributed by atoms with Crippen LogP contribution in [0.5, 0.6) is 0 Å². The average molecular weight is 380 g/mol. The van der Waals surface area contributed by atoms with Crippen LogP contribution in [0, 0.1) is 5.92 Å². The van der Waals surface area contributed by atoms with Crippen molar-refractivity contribution in [1.82, 2.24) is 9.78 Å². The Labute approximate surface area is 161 Å². The summed E-state index contributed by atoms with van der Waals surface area (Å²) in [5.74, 6) is 0.998. The Bertz CT molecular complexity index is 943. The Morgan fingerprint density at radius 3 is 2.56 bits per heavy atom. The number of rotatable bonds is 6. The van der Waals surface area contributed by atoms with Gasteiger partial charge in [0.2, 0.25) is 0 Å². The molecule has 2 aromatic heterocycles. The number of nitrogens with one attached hydrogen (secondary N) is 2. The summed E-state index contributed by atoms with van der Waals surface area (Å²) in [5.41, 5.74) is 1.17. The van der Waals surface area contributed by atoms with E-state index in [4.69, 9.17) is 0 Å². The van der Waals surface area contributed by atoms with Gasteiger partial charge < -0.3 is 10.6 Å². The third-order valence-corrected chi connectivity index (χ3v) is 5.62. The molecule has 0 bridgehead atoms. The van der Waals surface area contributed by atoms with E-state index in [1.165, 1.54) is 24.2 Å². The van der Waals surface area contributed by atoms with Crippen molar-refractivity contribution in [3.8, 4) is 0 Å². The first kappa shape index (κ1) is 17.5. The summed E-state index contributed by atoms with van der Waals surface area (Å²) >= 11 is 1.39. The summed E-state index contributed by atoms with van der Waals surface area (Å²) in [7, 11) is 0. The Morgan fingerprint density at radius 1 is 1.11 bits per heavy atom. The van der Waals surface area contributed by atoms with Crippen LogP contribution in [0.2, 0.25) is 0 Å². The van der Waals surface area contributed by atoms with Crippen LogP contribution in [0.4, 0.5) is 11.5 Å². The quantitative estimate of drug-likeness (QED) is 0.665. The molecule has 138 valence electrons. The van der Waals surface area contributed by atoms with Gasteiger partial charge in [0.15, 0.2) is 0 Å². The molecule has 6 nitrogen and oxygen atoms in total. The number of hydrogen-bond acceptors (Lipinski definition) is 4. The highest BCUT2D eigenvalue weighted by molar-refractivity contribution is 7.12. The van der Waals surface area contributed by atoms with E-state index in [1.54, 1.807) is 36.5 Å². The number of anilines is 2. The Hall–Kier alpha value is -2.93. The summed E-state index contributed by atoms with van der Waals surface area (Å²) < 4.78 is 1.88. The maximum atomic E-state index is 12.6. The van der Waals surface area contributed by atoms with Gasteiger partial charge in [0.25, 0.3) is 11.8 Å². The van der Waals surface area contributed by atoms with Crippen LogP contribution < -0.4 is 10.6 Å². The fourth-order valence-corrected chi connectivity index (χ4v) is 3.63. The minimum Gasteiger partial charge on any atom is -0.321 e. The van der Waals surface area contributed by atoms with Gasteiger partial charge in [0.05, 0.1) is 17.1 Å². The number of nitrogens with zero attached hydrogens (tertiary/aromatic N) is 2. The maximum absolute atomic E-state index is 12.6. The first-order valence-corrected chi connectivity index (χ1v) is 9.79. The fourth-order valence-electron chi connectivity index (χ4n) is 3.01. The van der Waals surface area contributed by atoms with E-state index in [9.17, 15) is 9.59 Å². The molecule has 1 saturated carbocycles. The van der Waals surface area contributed by atoms with Crippen LogP contribution in [-0.4, -0.2) is 21.6 Å². The minimum absolute atomic E-state index is 0.153. The molecule has 0 saturated heterocycles. The SMILES string of the molecule is CC(C1CC1)n1nccc1NC(=O)c1ccc(NC(=O)c2cccs2)cc1. The van der Waals surface area contributed by atoms with Crippen molar-refractivity contribution in [2.45, 2.75) is 25.8 Å². The monoisotopic (exact) mass is 380 g/mol. The van der Waals surface area contributed by atoms with Crippen molar-refractivity contribution in [1.29, 1.82) is 0 Å². The van der Waals surface area contributed by atoms with Gasteiger partial charge in [0, 0.05) is 17.3 Å². The van der Waals surface area contributed by atoms with Crippen molar-refractivity contribution in [3.63, 3.8) is 0 Å². The van der Waals surface area contributed by atoms with E-state index < -0.39 is 0 Å². The number of hydrogen-bond donors (Lipinski definition) is 2. The Balaban J connectivity index is 1.41. The molecule has 1 atom stereocenters. The molecule has 27 heavy (non-hydrogen) atoms. The summed E-state index contributed by atoms with van der Waals surface area (Å²) in [6.07, 6.45) is 4.14. The molecule has 1 aromatic carbocycles. The molecule has 1 fully saturated rings. The van der Waals surface area contributed by atoms with Gasteiger partial charge in [-0.15, -0.1) is 11.3 Å². The molecule has 1 aliphatic rings. The van der Waals surface area contributed by atoms with Crippen LogP contribution >= 0.6 is 11.3 Å². The van der Waals surface area contributed by atoms with Crippen LogP contribution in [0.15, 0.2) is 54.0 Å². The third-order valence-electron chi connectivity index (χ3n) is 4.75. The lowest BCUT2D eigenvalue weighted by Crippen LogP contribution is -2.18. The highest BCUT2D eigenvalue weighted by atomic mass is 32.1. The lowest BCUT2D eigenvalue weighted by atomic mass is 10.2. The molecule has 1 unspecified atom stereocenters. The van der Waals surface area contributed by atoms with Crippen molar-refractivity contribution in [2.75, 3.05) is 10.6 Å². The molecule has 4 rings (SSSR count). The zero-order chi connectivity index (χ0) is 18.8. The van der Waals surface area contributed by atoms with E-state index in [0.29, 0.717) is 27.9 Å². The van der Waals surface area contributed by atoms with E-state index in [2.05, 4.69) is 22.7 Å².